The Morgan fingerprint density at radius 1 is 1.36 bits per heavy atom. The van der Waals surface area contributed by atoms with Gasteiger partial charge in [-0.1, -0.05) is 13.8 Å². The Morgan fingerprint density at radius 3 is 2.88 bits per heavy atom. The lowest BCUT2D eigenvalue weighted by Crippen LogP contribution is -2.48. The molecule has 0 bridgehead atoms. The summed E-state index contributed by atoms with van der Waals surface area (Å²) in [6.07, 6.45) is 2.05. The van der Waals surface area contributed by atoms with E-state index in [4.69, 9.17) is 9.15 Å². The van der Waals surface area contributed by atoms with Crippen molar-refractivity contribution in [1.29, 1.82) is 0 Å². The molecule has 1 amide bonds. The first-order valence-corrected chi connectivity index (χ1v) is 9.23. The van der Waals surface area contributed by atoms with E-state index in [-0.39, 0.29) is 23.6 Å². The second-order valence-electron chi connectivity index (χ2n) is 7.49. The van der Waals surface area contributed by atoms with E-state index in [0.717, 1.165) is 32.5 Å². The number of nitrogens with one attached hydrogen (secondary N) is 1. The minimum absolute atomic E-state index is 0.0111. The number of aryl methyl sites for hydroxylation is 1. The maximum absolute atomic E-state index is 12.5. The Morgan fingerprint density at radius 2 is 2.16 bits per heavy atom. The third-order valence-corrected chi connectivity index (χ3v) is 4.85. The van der Waals surface area contributed by atoms with Crippen LogP contribution in [0.25, 0.3) is 0 Å². The van der Waals surface area contributed by atoms with E-state index in [9.17, 15) is 9.59 Å². The van der Waals surface area contributed by atoms with Gasteiger partial charge in [0, 0.05) is 44.6 Å². The first-order valence-electron chi connectivity index (χ1n) is 9.23. The first-order chi connectivity index (χ1) is 12.0. The number of nitrogens with zero attached hydrogens (tertiary/aromatic N) is 1. The summed E-state index contributed by atoms with van der Waals surface area (Å²) in [6, 6.07) is 0. The van der Waals surface area contributed by atoms with Gasteiger partial charge in [0.2, 0.25) is 0 Å². The fourth-order valence-electron chi connectivity index (χ4n) is 3.74. The topological polar surface area (TPSA) is 71.8 Å². The predicted octanol–water partition coefficient (Wildman–Crippen LogP) is 2.19. The molecule has 0 radical (unpaired) electrons. The van der Waals surface area contributed by atoms with Crippen molar-refractivity contribution in [3.8, 4) is 0 Å². The Hall–Kier alpha value is -1.66. The number of ketones is 1. The zero-order valence-electron chi connectivity index (χ0n) is 15.4. The Balaban J connectivity index is 1.59. The van der Waals surface area contributed by atoms with Crippen LogP contribution in [-0.4, -0.2) is 55.5 Å². The minimum atomic E-state index is -0.260. The van der Waals surface area contributed by atoms with Crippen molar-refractivity contribution in [2.24, 2.45) is 5.92 Å². The average molecular weight is 348 g/mol. The summed E-state index contributed by atoms with van der Waals surface area (Å²) in [6.45, 7) is 10.1. The molecule has 0 saturated carbocycles. The molecule has 1 saturated heterocycles. The number of carbonyl (C=O) groups excluding carboxylic acids is 2. The summed E-state index contributed by atoms with van der Waals surface area (Å²) in [7, 11) is 0. The highest BCUT2D eigenvalue weighted by Gasteiger charge is 2.29. The van der Waals surface area contributed by atoms with Gasteiger partial charge in [-0.2, -0.15) is 0 Å². The highest BCUT2D eigenvalue weighted by atomic mass is 16.5. The van der Waals surface area contributed by atoms with Crippen LogP contribution < -0.4 is 5.32 Å². The van der Waals surface area contributed by atoms with Gasteiger partial charge in [-0.15, -0.1) is 0 Å². The lowest BCUT2D eigenvalue weighted by Gasteiger charge is -2.33. The standard InChI is InChI=1S/C19H28N2O4/c1-12(2)10-21-7-8-24-14(11-21)9-20-19(23)18-13(3)17-15(22)5-4-6-16(17)25-18/h12,14H,4-11H2,1-3H3,(H,20,23)/t14-/m1/s1. The van der Waals surface area contributed by atoms with Crippen LogP contribution in [0.15, 0.2) is 4.42 Å². The van der Waals surface area contributed by atoms with Crippen LogP contribution in [0.2, 0.25) is 0 Å². The molecule has 0 spiro atoms. The van der Waals surface area contributed by atoms with Gasteiger partial charge in [0.25, 0.3) is 5.91 Å². The van der Waals surface area contributed by atoms with Crippen LogP contribution in [0.4, 0.5) is 0 Å². The minimum Gasteiger partial charge on any atom is -0.455 e. The summed E-state index contributed by atoms with van der Waals surface area (Å²) >= 11 is 0. The molecule has 138 valence electrons. The Labute approximate surface area is 148 Å². The Bertz CT molecular complexity index is 650. The molecule has 2 heterocycles. The molecule has 25 heavy (non-hydrogen) atoms. The van der Waals surface area contributed by atoms with Gasteiger partial charge in [0.1, 0.15) is 5.76 Å². The molecule has 1 aromatic rings. The molecule has 6 heteroatoms. The van der Waals surface area contributed by atoms with Gasteiger partial charge in [-0.25, -0.2) is 0 Å². The number of rotatable bonds is 5. The molecule has 1 fully saturated rings. The first kappa shape index (κ1) is 18.1. The zero-order valence-corrected chi connectivity index (χ0v) is 15.4. The summed E-state index contributed by atoms with van der Waals surface area (Å²) in [5.41, 5.74) is 1.29. The van der Waals surface area contributed by atoms with Gasteiger partial charge in [-0.05, 0) is 19.3 Å². The number of carbonyl (C=O) groups is 2. The van der Waals surface area contributed by atoms with E-state index >= 15 is 0 Å². The quantitative estimate of drug-likeness (QED) is 0.883. The maximum atomic E-state index is 12.5. The van der Waals surface area contributed by atoms with Gasteiger partial charge in [-0.3, -0.25) is 14.5 Å². The highest BCUT2D eigenvalue weighted by molar-refractivity contribution is 6.03. The van der Waals surface area contributed by atoms with E-state index in [0.29, 0.717) is 42.4 Å². The van der Waals surface area contributed by atoms with Crippen LogP contribution in [0, 0.1) is 12.8 Å². The third-order valence-electron chi connectivity index (χ3n) is 4.85. The van der Waals surface area contributed by atoms with Gasteiger partial charge < -0.3 is 14.5 Å². The largest absolute Gasteiger partial charge is 0.455 e. The summed E-state index contributed by atoms with van der Waals surface area (Å²) in [5, 5.41) is 2.91. The molecule has 2 aliphatic rings. The van der Waals surface area contributed by atoms with E-state index in [1.807, 2.05) is 0 Å². The number of fused-ring (bicyclic) bond motifs is 1. The number of hydrogen-bond donors (Lipinski definition) is 1. The SMILES string of the molecule is Cc1c(C(=O)NC[C@@H]2CN(CC(C)C)CCO2)oc2c1C(=O)CCC2. The molecular weight excluding hydrogens is 320 g/mol. The fraction of sp³-hybridized carbons (Fsp3) is 0.684. The van der Waals surface area contributed by atoms with Crippen molar-refractivity contribution in [3.05, 3.63) is 22.6 Å². The molecule has 1 N–H and O–H groups in total. The molecule has 1 aliphatic heterocycles. The summed E-state index contributed by atoms with van der Waals surface area (Å²) in [5.74, 6) is 1.37. The lowest BCUT2D eigenvalue weighted by molar-refractivity contribution is -0.0296. The summed E-state index contributed by atoms with van der Waals surface area (Å²) in [4.78, 5) is 26.9. The monoisotopic (exact) mass is 348 g/mol. The number of amides is 1. The molecule has 1 atom stereocenters. The number of morpholine rings is 1. The van der Waals surface area contributed by atoms with Crippen LogP contribution in [0.3, 0.4) is 0 Å². The van der Waals surface area contributed by atoms with E-state index < -0.39 is 0 Å². The van der Waals surface area contributed by atoms with Crippen molar-refractivity contribution in [2.45, 2.75) is 46.1 Å². The zero-order chi connectivity index (χ0) is 18.0. The number of Topliss-reactive ketones (excluding diaryl/α,β-unsaturated/α-hetero) is 1. The van der Waals surface area contributed by atoms with Gasteiger partial charge >= 0.3 is 0 Å². The number of furan rings is 1. The molecule has 0 aromatic carbocycles. The second kappa shape index (κ2) is 7.70. The third kappa shape index (κ3) is 4.12. The van der Waals surface area contributed by atoms with Crippen LogP contribution in [0.5, 0.6) is 0 Å². The van der Waals surface area contributed by atoms with Crippen LogP contribution >= 0.6 is 0 Å². The van der Waals surface area contributed by atoms with Crippen LogP contribution in [-0.2, 0) is 11.2 Å². The number of ether oxygens (including phenoxy) is 1. The summed E-state index contributed by atoms with van der Waals surface area (Å²) < 4.78 is 11.5. The molecule has 0 unspecified atom stereocenters. The van der Waals surface area contributed by atoms with Gasteiger partial charge in [0.15, 0.2) is 11.5 Å². The predicted molar refractivity (Wildman–Crippen MR) is 94.1 cm³/mol. The van der Waals surface area contributed by atoms with Crippen molar-refractivity contribution in [2.75, 3.05) is 32.8 Å². The smallest absolute Gasteiger partial charge is 0.287 e. The molecule has 6 nitrogen and oxygen atoms in total. The van der Waals surface area contributed by atoms with Crippen LogP contribution in [0.1, 0.15) is 58.9 Å². The molecule has 1 aliphatic carbocycles. The second-order valence-corrected chi connectivity index (χ2v) is 7.49. The molecular formula is C19H28N2O4. The lowest BCUT2D eigenvalue weighted by atomic mass is 9.94. The van der Waals surface area contributed by atoms with E-state index in [1.54, 1.807) is 6.92 Å². The molecule has 1 aromatic heterocycles. The van der Waals surface area contributed by atoms with Crippen molar-refractivity contribution in [3.63, 3.8) is 0 Å². The normalized spacial score (nSPS) is 21.4. The molecule has 3 rings (SSSR count). The Kier molecular flexibility index (Phi) is 5.59. The van der Waals surface area contributed by atoms with E-state index in [1.165, 1.54) is 0 Å². The average Bonchev–Trinajstić information content (AvgIpc) is 2.91. The van der Waals surface area contributed by atoms with Crippen molar-refractivity contribution < 1.29 is 18.7 Å². The van der Waals surface area contributed by atoms with Gasteiger partial charge in [0.05, 0.1) is 18.3 Å². The fourth-order valence-corrected chi connectivity index (χ4v) is 3.74. The highest BCUT2D eigenvalue weighted by Crippen LogP contribution is 2.29. The maximum Gasteiger partial charge on any atom is 0.287 e. The van der Waals surface area contributed by atoms with Crippen molar-refractivity contribution in [1.82, 2.24) is 10.2 Å². The number of hydrogen-bond acceptors (Lipinski definition) is 5. The van der Waals surface area contributed by atoms with Crippen molar-refractivity contribution >= 4 is 11.7 Å². The van der Waals surface area contributed by atoms with E-state index in [2.05, 4.69) is 24.1 Å².